The van der Waals surface area contributed by atoms with Crippen molar-refractivity contribution in [1.82, 2.24) is 21.3 Å². The van der Waals surface area contributed by atoms with Crippen LogP contribution >= 0.6 is 11.8 Å². The molecule has 4 aliphatic heterocycles. The first kappa shape index (κ1) is 60.5. The van der Waals surface area contributed by atoms with Crippen molar-refractivity contribution < 1.29 is 72.1 Å². The van der Waals surface area contributed by atoms with Crippen LogP contribution in [-0.4, -0.2) is 162 Å². The Morgan fingerprint density at radius 2 is 1.34 bits per heavy atom. The fourth-order valence-corrected chi connectivity index (χ4v) is 13.0. The van der Waals surface area contributed by atoms with Crippen molar-refractivity contribution in [3.05, 3.63) is 83.6 Å². The molecule has 76 heavy (non-hydrogen) atoms. The number of nitrogens with one attached hydrogen (secondary N) is 4. The molecule has 4 heterocycles. The average molecular weight is 1140 g/mol. The van der Waals surface area contributed by atoms with E-state index in [4.69, 9.17) is 14.2 Å². The van der Waals surface area contributed by atoms with Crippen LogP contribution in [0.5, 0.6) is 0 Å². The Hall–Kier alpha value is -4.70. The molecular weight excluding hydrogens is 1060 g/mol. The zero-order valence-electron chi connectivity index (χ0n) is 43.5. The highest BCUT2D eigenvalue weighted by Crippen LogP contribution is 2.49. The quantitative estimate of drug-likeness (QED) is 0.0175. The lowest BCUT2D eigenvalue weighted by Gasteiger charge is -2.27. The number of ether oxygens (including phenoxy) is 3. The summed E-state index contributed by atoms with van der Waals surface area (Å²) in [5.41, 5.74) is 2.72. The van der Waals surface area contributed by atoms with Gasteiger partial charge < -0.3 is 40.4 Å². The van der Waals surface area contributed by atoms with Gasteiger partial charge in [-0.15, -0.1) is 0 Å². The lowest BCUT2D eigenvalue weighted by atomic mass is 9.81. The van der Waals surface area contributed by atoms with Crippen LogP contribution in [0, 0.1) is 0 Å². The second-order valence-electron chi connectivity index (χ2n) is 20.0. The molecule has 0 bridgehead atoms. The van der Waals surface area contributed by atoms with E-state index in [0.29, 0.717) is 106 Å². The van der Waals surface area contributed by atoms with Crippen LogP contribution in [0.1, 0.15) is 90.2 Å². The summed E-state index contributed by atoms with van der Waals surface area (Å²) in [7, 11) is -13.2. The van der Waals surface area contributed by atoms with Gasteiger partial charge in [-0.3, -0.25) is 23.2 Å². The van der Waals surface area contributed by atoms with Gasteiger partial charge in [0.15, 0.2) is 5.71 Å². The van der Waals surface area contributed by atoms with Gasteiger partial charge >= 0.3 is 6.03 Å². The molecule has 0 aliphatic carbocycles. The molecule has 7 N–H and O–H groups in total. The number of hydrogen-bond acceptors (Lipinski definition) is 14. The normalized spacial score (nSPS) is 20.4. The molecule has 4 aliphatic rings. The lowest BCUT2D eigenvalue weighted by Crippen LogP contribution is -2.36. The molecule has 3 atom stereocenters. The van der Waals surface area contributed by atoms with E-state index in [-0.39, 0.29) is 59.1 Å². The summed E-state index contributed by atoms with van der Waals surface area (Å²) >= 11 is 1.87. The highest BCUT2D eigenvalue weighted by Gasteiger charge is 2.46. The summed E-state index contributed by atoms with van der Waals surface area (Å²) in [6.07, 6.45) is 13.8. The maximum Gasteiger partial charge on any atom is 0.315 e. The van der Waals surface area contributed by atoms with Crippen molar-refractivity contribution in [2.24, 2.45) is 0 Å². The molecule has 6 rings (SSSR count). The smallest absolute Gasteiger partial charge is 0.315 e. The molecule has 0 unspecified atom stereocenters. The largest absolute Gasteiger partial charge is 0.377 e. The number of carbonyl (C=O) groups is 3. The Kier molecular flexibility index (Phi) is 21.3. The number of urea groups is 1. The molecule has 4 amide bonds. The molecular formula is C51H73N6O15S4+. The first-order valence-corrected chi connectivity index (χ1v) is 31.0. The van der Waals surface area contributed by atoms with Crippen molar-refractivity contribution in [3.63, 3.8) is 0 Å². The van der Waals surface area contributed by atoms with E-state index in [9.17, 15) is 53.3 Å². The molecule has 25 heteroatoms. The van der Waals surface area contributed by atoms with Gasteiger partial charge in [-0.1, -0.05) is 38.5 Å². The summed E-state index contributed by atoms with van der Waals surface area (Å²) in [6, 6.07) is 9.01. The van der Waals surface area contributed by atoms with Gasteiger partial charge in [0.1, 0.15) is 6.54 Å². The molecule has 0 radical (unpaired) electrons. The van der Waals surface area contributed by atoms with Crippen molar-refractivity contribution >= 4 is 77.0 Å². The van der Waals surface area contributed by atoms with Gasteiger partial charge in [0.2, 0.25) is 17.5 Å². The number of carbonyl (C=O) groups excluding carboxylic acids is 3. The SMILES string of the molecule is CC1(C)C(/C=C/C=C/C=C2/N(CCCCC(=O)NCCOCCOCCOCCNC(=O)CCCC[C@H]3SC[C@@H]4NC(=O)N[C@@H]43)c3ccc(S(=O)(=O)O)cc3C2(C)C)=[N+](CCCS(=O)(=O)O)c2ccc(S(=O)(=O)O)cc21. The molecule has 0 aromatic heterocycles. The van der Waals surface area contributed by atoms with E-state index in [0.717, 1.165) is 36.4 Å². The Balaban J connectivity index is 0.905. The fraction of sp³-hybridized carbons (Fsp3) is 0.569. The van der Waals surface area contributed by atoms with Crippen LogP contribution in [-0.2, 0) is 65.0 Å². The molecule has 0 saturated carbocycles. The Bertz CT molecular complexity index is 2890. The van der Waals surface area contributed by atoms with Crippen molar-refractivity contribution in [1.29, 1.82) is 0 Å². The standard InChI is InChI=1S/C51H72N6O15S4/c1-50(2)38-33-36(75(64,65)66)18-20-41(38)56(44(50)14-6-5-7-15-45-51(3,4)39-34-37(76(67,68)69)19-21-42(39)57(45)25-12-32-74(61,62)63)24-11-10-17-47(59)53-23-27-71-29-31-72-30-28-70-26-22-52-46(58)16-9-8-13-43-48-40(35-73-43)54-49(60)55-48/h5-7,14-15,18-21,33-34,40,43,48H,8-13,16-17,22-32,35H2,1-4H3,(H6-,52,53,54,55,58,59,60,61,62,63,64,65,66,67,68,69)/p+1/t40-,43+,48-/m0/s1. The second-order valence-corrected chi connectivity index (χ2v) is 25.7. The predicted octanol–water partition coefficient (Wildman–Crippen LogP) is 4.81. The van der Waals surface area contributed by atoms with Gasteiger partial charge in [-0.2, -0.15) is 41.6 Å². The Labute approximate surface area is 451 Å². The monoisotopic (exact) mass is 1140 g/mol. The summed E-state index contributed by atoms with van der Waals surface area (Å²) in [6.45, 7) is 11.2. The van der Waals surface area contributed by atoms with E-state index in [1.165, 1.54) is 24.3 Å². The fourth-order valence-electron chi connectivity index (χ4n) is 9.95. The molecule has 2 fully saturated rings. The number of allylic oxidation sites excluding steroid dienone is 6. The van der Waals surface area contributed by atoms with Crippen molar-refractivity contribution in [2.75, 3.05) is 82.2 Å². The van der Waals surface area contributed by atoms with Crippen LogP contribution in [0.2, 0.25) is 0 Å². The maximum atomic E-state index is 12.7. The highest BCUT2D eigenvalue weighted by molar-refractivity contribution is 8.00. The van der Waals surface area contributed by atoms with Crippen LogP contribution in [0.3, 0.4) is 0 Å². The predicted molar refractivity (Wildman–Crippen MR) is 289 cm³/mol. The topological polar surface area (TPSA) is 296 Å². The van der Waals surface area contributed by atoms with E-state index in [1.807, 2.05) is 62.3 Å². The molecule has 0 spiro atoms. The minimum Gasteiger partial charge on any atom is -0.377 e. The number of amides is 4. The number of benzene rings is 2. The number of fused-ring (bicyclic) bond motifs is 3. The highest BCUT2D eigenvalue weighted by atomic mass is 32.2. The van der Waals surface area contributed by atoms with Gasteiger partial charge in [-0.05, 0) is 81.5 Å². The second kappa shape index (κ2) is 26.8. The third kappa shape index (κ3) is 16.7. The summed E-state index contributed by atoms with van der Waals surface area (Å²) in [5, 5.41) is 12.1. The van der Waals surface area contributed by atoms with Crippen LogP contribution in [0.4, 0.5) is 16.2 Å². The number of thioether (sulfide) groups is 1. The Morgan fingerprint density at radius 3 is 1.96 bits per heavy atom. The zero-order chi connectivity index (χ0) is 55.3. The maximum absolute atomic E-state index is 12.7. The van der Waals surface area contributed by atoms with Crippen molar-refractivity contribution in [3.8, 4) is 0 Å². The first-order valence-electron chi connectivity index (χ1n) is 25.5. The summed E-state index contributed by atoms with van der Waals surface area (Å²) < 4.78 is 119. The number of anilines is 1. The summed E-state index contributed by atoms with van der Waals surface area (Å²) in [4.78, 5) is 38.0. The van der Waals surface area contributed by atoms with Gasteiger partial charge in [0, 0.05) is 84.4 Å². The van der Waals surface area contributed by atoms with Gasteiger partial charge in [-0.25, -0.2) is 4.79 Å². The number of hydrogen-bond donors (Lipinski definition) is 7. The minimum atomic E-state index is -4.51. The third-order valence-corrected chi connectivity index (χ3v) is 17.8. The zero-order valence-corrected chi connectivity index (χ0v) is 46.8. The van der Waals surface area contributed by atoms with E-state index >= 15 is 0 Å². The molecule has 420 valence electrons. The molecule has 21 nitrogen and oxygen atoms in total. The molecule has 2 saturated heterocycles. The summed E-state index contributed by atoms with van der Waals surface area (Å²) in [5.74, 6) is 0.311. The average Bonchev–Trinajstić information content (AvgIpc) is 4.02. The van der Waals surface area contributed by atoms with E-state index in [1.54, 1.807) is 24.3 Å². The minimum absolute atomic E-state index is 0.00547. The van der Waals surface area contributed by atoms with Crippen LogP contribution in [0.25, 0.3) is 0 Å². The first-order chi connectivity index (χ1) is 35.9. The van der Waals surface area contributed by atoms with E-state index < -0.39 is 46.9 Å². The Morgan fingerprint density at radius 1 is 0.750 bits per heavy atom. The van der Waals surface area contributed by atoms with Gasteiger partial charge in [0.05, 0.1) is 72.7 Å². The van der Waals surface area contributed by atoms with Crippen LogP contribution in [0.15, 0.2) is 82.3 Å². The van der Waals surface area contributed by atoms with Crippen molar-refractivity contribution in [2.45, 2.75) is 117 Å². The number of unbranched alkanes of at least 4 members (excludes halogenated alkanes) is 2. The van der Waals surface area contributed by atoms with Crippen LogP contribution < -0.4 is 26.2 Å². The number of nitrogens with zero attached hydrogens (tertiary/aromatic N) is 2. The van der Waals surface area contributed by atoms with Gasteiger partial charge in [0.25, 0.3) is 30.4 Å². The molecule has 2 aromatic rings. The third-order valence-electron chi connectivity index (χ3n) is 13.8. The van der Waals surface area contributed by atoms with E-state index in [2.05, 4.69) is 26.2 Å². The lowest BCUT2D eigenvalue weighted by molar-refractivity contribution is -0.437. The number of rotatable bonds is 31. The molecule has 2 aromatic carbocycles.